The van der Waals surface area contributed by atoms with Gasteiger partial charge in [0.1, 0.15) is 0 Å². The standard InChI is InChI=1S/C3H4BBrF3.K/c1-3(5)2-4(6,7)8;/h2H,1H3;/q-1;+1/b3-2-;. The molecule has 0 rings (SSSR count). The van der Waals surface area contributed by atoms with Crippen LogP contribution in [0.25, 0.3) is 0 Å². The molecule has 0 unspecified atom stereocenters. The Labute approximate surface area is 103 Å². The molecule has 0 aromatic rings. The molecule has 0 fully saturated rings. The van der Waals surface area contributed by atoms with E-state index in [4.69, 9.17) is 0 Å². The van der Waals surface area contributed by atoms with Gasteiger partial charge in [-0.15, -0.1) is 5.98 Å². The molecule has 0 aromatic heterocycles. The average molecular weight is 227 g/mol. The predicted octanol–water partition coefficient (Wildman–Crippen LogP) is -0.324. The zero-order valence-electron chi connectivity index (χ0n) is 5.17. The summed E-state index contributed by atoms with van der Waals surface area (Å²) in [6, 6.07) is 0. The molecular weight excluding hydrogens is 223 g/mol. The van der Waals surface area contributed by atoms with Crippen molar-refractivity contribution in [2.45, 2.75) is 6.92 Å². The quantitative estimate of drug-likeness (QED) is 0.538. The minimum Gasteiger partial charge on any atom is -0.445 e. The first-order valence-electron chi connectivity index (χ1n) is 1.97. The molecule has 0 bridgehead atoms. The number of rotatable bonds is 1. The molecule has 0 N–H and O–H groups in total. The molecule has 0 nitrogen and oxygen atoms in total. The van der Waals surface area contributed by atoms with Crippen LogP contribution in [-0.2, 0) is 0 Å². The van der Waals surface area contributed by atoms with E-state index >= 15 is 0 Å². The van der Waals surface area contributed by atoms with Crippen LogP contribution in [0.2, 0.25) is 0 Å². The molecule has 9 heavy (non-hydrogen) atoms. The second-order valence-electron chi connectivity index (χ2n) is 1.38. The Balaban J connectivity index is 0. The van der Waals surface area contributed by atoms with E-state index in [1.54, 1.807) is 0 Å². The van der Waals surface area contributed by atoms with E-state index in [0.717, 1.165) is 0 Å². The van der Waals surface area contributed by atoms with Crippen molar-refractivity contribution in [1.82, 2.24) is 0 Å². The van der Waals surface area contributed by atoms with Gasteiger partial charge in [0, 0.05) is 0 Å². The van der Waals surface area contributed by atoms with Crippen LogP contribution in [-0.4, -0.2) is 6.98 Å². The Morgan fingerprint density at radius 1 is 1.44 bits per heavy atom. The monoisotopic (exact) mass is 226 g/mol. The summed E-state index contributed by atoms with van der Waals surface area (Å²) in [7, 11) is 0. The molecule has 0 atom stereocenters. The third-order valence-electron chi connectivity index (χ3n) is 0.419. The average Bonchev–Trinajstić information content (AvgIpc) is 1.21. The first-order chi connectivity index (χ1) is 3.42. The summed E-state index contributed by atoms with van der Waals surface area (Å²) in [4.78, 5) is 0. The topological polar surface area (TPSA) is 0 Å². The van der Waals surface area contributed by atoms with Gasteiger partial charge in [0.05, 0.1) is 0 Å². The van der Waals surface area contributed by atoms with Crippen molar-refractivity contribution >= 4 is 22.9 Å². The van der Waals surface area contributed by atoms with Gasteiger partial charge in [-0.25, -0.2) is 0 Å². The normalized spacial score (nSPS) is 12.8. The van der Waals surface area contributed by atoms with Crippen LogP contribution in [0, 0.1) is 0 Å². The van der Waals surface area contributed by atoms with E-state index in [1.165, 1.54) is 6.92 Å². The summed E-state index contributed by atoms with van der Waals surface area (Å²) < 4.78 is 33.9. The summed E-state index contributed by atoms with van der Waals surface area (Å²) in [6.45, 7) is -3.40. The van der Waals surface area contributed by atoms with E-state index in [-0.39, 0.29) is 61.8 Å². The number of allylic oxidation sites excluding steroid dienone is 1. The molecule has 0 saturated carbocycles. The van der Waals surface area contributed by atoms with Crippen LogP contribution in [0.4, 0.5) is 12.9 Å². The SMILES string of the molecule is C/C(Br)=C/[B-](F)(F)F.[K+]. The van der Waals surface area contributed by atoms with Gasteiger partial charge in [-0.3, -0.25) is 0 Å². The molecule has 0 aromatic carbocycles. The fourth-order valence-electron chi connectivity index (χ4n) is 0.260. The fraction of sp³-hybridized carbons (Fsp3) is 0.333. The van der Waals surface area contributed by atoms with Crippen molar-refractivity contribution in [1.29, 1.82) is 0 Å². The third kappa shape index (κ3) is 12.8. The van der Waals surface area contributed by atoms with E-state index in [1.807, 2.05) is 0 Å². The van der Waals surface area contributed by atoms with Gasteiger partial charge in [0.15, 0.2) is 0 Å². The second kappa shape index (κ2) is 5.37. The van der Waals surface area contributed by atoms with Crippen LogP contribution < -0.4 is 51.4 Å². The fourth-order valence-corrected chi connectivity index (χ4v) is 0.560. The molecule has 48 valence electrons. The van der Waals surface area contributed by atoms with Crippen molar-refractivity contribution in [3.8, 4) is 0 Å². The van der Waals surface area contributed by atoms with E-state index in [2.05, 4.69) is 15.9 Å². The van der Waals surface area contributed by atoms with Crippen molar-refractivity contribution in [2.24, 2.45) is 0 Å². The van der Waals surface area contributed by atoms with E-state index < -0.39 is 6.98 Å². The minimum absolute atomic E-state index is 0. The van der Waals surface area contributed by atoms with Gasteiger partial charge in [-0.1, -0.05) is 15.9 Å². The minimum atomic E-state index is -4.75. The van der Waals surface area contributed by atoms with Crippen LogP contribution in [0.1, 0.15) is 6.92 Å². The van der Waals surface area contributed by atoms with Crippen LogP contribution in [0.5, 0.6) is 0 Å². The molecular formula is C3H4BBrF3K. The summed E-state index contributed by atoms with van der Waals surface area (Å²) in [6.07, 6.45) is 0. The first kappa shape index (κ1) is 13.3. The first-order valence-corrected chi connectivity index (χ1v) is 2.76. The zero-order chi connectivity index (χ0) is 6.78. The summed E-state index contributed by atoms with van der Waals surface area (Å²) in [5.41, 5.74) is 0. The molecule has 0 amide bonds. The molecule has 0 aliphatic carbocycles. The number of hydrogen-bond acceptors (Lipinski definition) is 0. The van der Waals surface area contributed by atoms with Crippen molar-refractivity contribution < 1.29 is 64.3 Å². The zero-order valence-corrected chi connectivity index (χ0v) is 9.88. The molecule has 6 heteroatoms. The van der Waals surface area contributed by atoms with Gasteiger partial charge in [-0.2, -0.15) is 0 Å². The van der Waals surface area contributed by atoms with Crippen molar-refractivity contribution in [3.63, 3.8) is 0 Å². The Hall–Kier alpha value is 1.71. The van der Waals surface area contributed by atoms with Crippen LogP contribution >= 0.6 is 15.9 Å². The number of hydrogen-bond donors (Lipinski definition) is 0. The molecule has 0 radical (unpaired) electrons. The smallest absolute Gasteiger partial charge is 0.445 e. The number of halogens is 4. The second-order valence-corrected chi connectivity index (χ2v) is 2.63. The maximum atomic E-state index is 11.3. The summed E-state index contributed by atoms with van der Waals surface area (Å²) >= 11 is 2.67. The van der Waals surface area contributed by atoms with E-state index in [0.29, 0.717) is 0 Å². The van der Waals surface area contributed by atoms with Crippen molar-refractivity contribution in [2.75, 3.05) is 0 Å². The Morgan fingerprint density at radius 3 is 1.78 bits per heavy atom. The summed E-state index contributed by atoms with van der Waals surface area (Å²) in [5.74, 6) is 0.250. The van der Waals surface area contributed by atoms with Gasteiger partial charge in [0.2, 0.25) is 0 Å². The van der Waals surface area contributed by atoms with Gasteiger partial charge in [0.25, 0.3) is 0 Å². The maximum absolute atomic E-state index is 11.3. The Kier molecular flexibility index (Phi) is 7.95. The molecule has 0 heterocycles. The van der Waals surface area contributed by atoms with Gasteiger partial charge in [-0.05, 0) is 11.4 Å². The van der Waals surface area contributed by atoms with Crippen molar-refractivity contribution in [3.05, 3.63) is 10.5 Å². The van der Waals surface area contributed by atoms with Crippen LogP contribution in [0.15, 0.2) is 10.5 Å². The van der Waals surface area contributed by atoms with Gasteiger partial charge >= 0.3 is 58.4 Å². The molecule has 0 aliphatic rings. The predicted molar refractivity (Wildman–Crippen MR) is 31.8 cm³/mol. The Morgan fingerprint density at radius 2 is 1.78 bits per heavy atom. The largest absolute Gasteiger partial charge is 1.00 e. The Bertz CT molecular complexity index is 106. The molecule has 0 saturated heterocycles. The maximum Gasteiger partial charge on any atom is 1.00 e. The van der Waals surface area contributed by atoms with E-state index in [9.17, 15) is 12.9 Å². The van der Waals surface area contributed by atoms with Crippen LogP contribution in [0.3, 0.4) is 0 Å². The third-order valence-corrected chi connectivity index (χ3v) is 0.683. The van der Waals surface area contributed by atoms with Gasteiger partial charge < -0.3 is 12.9 Å². The molecule has 0 spiro atoms. The molecule has 0 aliphatic heterocycles. The summed E-state index contributed by atoms with van der Waals surface area (Å²) in [5, 5.41) is 0.